The fourth-order valence-electron chi connectivity index (χ4n) is 3.32. The number of rotatable bonds is 5. The number of aryl methyl sites for hydroxylation is 1. The quantitative estimate of drug-likeness (QED) is 0.514. The zero-order chi connectivity index (χ0) is 21.7. The van der Waals surface area contributed by atoms with Gasteiger partial charge in [0, 0.05) is 31.5 Å². The standard InChI is InChI=1S/C19H27N4O2PS.C2H6/c1-6-13-9-26-15(20-13)10-27-17(14-8-7-11(14)2)21-16-12(3)18(24)23(5)19(25)22(16)4;1-2/h9,11,14,26H,6-8,10H2,1-5H3;1-2H3/b21-17+;. The molecule has 0 aliphatic heterocycles. The normalized spacial score (nSPS) is 19.1. The molecule has 3 rings (SSSR count). The average molecular weight is 437 g/mol. The second-order valence-electron chi connectivity index (χ2n) is 7.25. The highest BCUT2D eigenvalue weighted by Crippen LogP contribution is 2.40. The second kappa shape index (κ2) is 10.4. The Kier molecular flexibility index (Phi) is 8.53. The van der Waals surface area contributed by atoms with Crippen LogP contribution in [0.5, 0.6) is 0 Å². The molecule has 160 valence electrons. The van der Waals surface area contributed by atoms with Crippen LogP contribution >= 0.6 is 20.0 Å². The number of hydrogen-bond acceptors (Lipinski definition) is 5. The summed E-state index contributed by atoms with van der Waals surface area (Å²) in [5.41, 5.74) is 2.27. The molecule has 1 aliphatic rings. The molecule has 29 heavy (non-hydrogen) atoms. The van der Waals surface area contributed by atoms with Gasteiger partial charge in [-0.3, -0.25) is 18.9 Å². The molecule has 0 aromatic carbocycles. The van der Waals surface area contributed by atoms with Gasteiger partial charge in [-0.15, -0.1) is 20.0 Å². The van der Waals surface area contributed by atoms with Crippen molar-refractivity contribution in [1.82, 2.24) is 14.1 Å². The van der Waals surface area contributed by atoms with E-state index in [0.717, 1.165) is 28.2 Å². The molecule has 1 saturated carbocycles. The average Bonchev–Trinajstić information content (AvgIpc) is 3.20. The van der Waals surface area contributed by atoms with Gasteiger partial charge in [0.1, 0.15) is 5.82 Å². The Balaban J connectivity index is 0.00000145. The van der Waals surface area contributed by atoms with Crippen LogP contribution < -0.4 is 11.2 Å². The topological polar surface area (TPSA) is 69.2 Å². The van der Waals surface area contributed by atoms with Gasteiger partial charge in [0.05, 0.1) is 16.0 Å². The summed E-state index contributed by atoms with van der Waals surface area (Å²) in [4.78, 5) is 34.2. The summed E-state index contributed by atoms with van der Waals surface area (Å²) in [6.45, 7) is 10.1. The van der Waals surface area contributed by atoms with Crippen LogP contribution in [0.4, 0.5) is 5.82 Å². The molecule has 8 heteroatoms. The monoisotopic (exact) mass is 436 g/mol. The van der Waals surface area contributed by atoms with Crippen molar-refractivity contribution >= 4 is 30.8 Å². The predicted molar refractivity (Wildman–Crippen MR) is 126 cm³/mol. The highest BCUT2D eigenvalue weighted by atomic mass is 32.2. The van der Waals surface area contributed by atoms with Gasteiger partial charge in [0.15, 0.2) is 0 Å². The van der Waals surface area contributed by atoms with Crippen LogP contribution in [0.1, 0.15) is 57.2 Å². The van der Waals surface area contributed by atoms with E-state index in [1.807, 2.05) is 13.8 Å². The van der Waals surface area contributed by atoms with Crippen LogP contribution in [0.2, 0.25) is 0 Å². The molecule has 6 nitrogen and oxygen atoms in total. The first-order chi connectivity index (χ1) is 13.8. The van der Waals surface area contributed by atoms with E-state index in [2.05, 4.69) is 24.6 Å². The van der Waals surface area contributed by atoms with Gasteiger partial charge in [-0.25, -0.2) is 9.79 Å². The molecular formula is C21H33N4O2PS. The molecule has 3 unspecified atom stereocenters. The zero-order valence-corrected chi connectivity index (χ0v) is 20.4. The largest absolute Gasteiger partial charge is 0.332 e. The zero-order valence-electron chi connectivity index (χ0n) is 18.6. The van der Waals surface area contributed by atoms with Gasteiger partial charge < -0.3 is 0 Å². The highest BCUT2D eigenvalue weighted by Gasteiger charge is 2.32. The van der Waals surface area contributed by atoms with Crippen molar-refractivity contribution in [3.63, 3.8) is 0 Å². The molecule has 1 aliphatic carbocycles. The minimum Gasteiger partial charge on any atom is -0.281 e. The van der Waals surface area contributed by atoms with Gasteiger partial charge in [0.25, 0.3) is 5.56 Å². The summed E-state index contributed by atoms with van der Waals surface area (Å²) in [6, 6.07) is 0. The van der Waals surface area contributed by atoms with Crippen LogP contribution in [-0.4, -0.2) is 19.2 Å². The van der Waals surface area contributed by atoms with Crippen LogP contribution in [0.3, 0.4) is 0 Å². The third kappa shape index (κ3) is 5.13. The second-order valence-corrected chi connectivity index (χ2v) is 9.40. The number of nitrogens with zero attached hydrogens (tertiary/aromatic N) is 4. The minimum atomic E-state index is -0.339. The van der Waals surface area contributed by atoms with Crippen LogP contribution in [-0.2, 0) is 26.3 Å². The fourth-order valence-corrected chi connectivity index (χ4v) is 5.75. The lowest BCUT2D eigenvalue weighted by Gasteiger charge is -2.34. The van der Waals surface area contributed by atoms with Gasteiger partial charge in [-0.1, -0.05) is 27.7 Å². The van der Waals surface area contributed by atoms with Crippen molar-refractivity contribution < 1.29 is 0 Å². The van der Waals surface area contributed by atoms with E-state index in [0.29, 0.717) is 31.4 Å². The van der Waals surface area contributed by atoms with Crippen molar-refractivity contribution in [3.8, 4) is 0 Å². The number of aromatic nitrogens is 3. The summed E-state index contributed by atoms with van der Waals surface area (Å²) >= 11 is 1.72. The summed E-state index contributed by atoms with van der Waals surface area (Å²) in [7, 11) is 3.84. The smallest absolute Gasteiger partial charge is 0.281 e. The summed E-state index contributed by atoms with van der Waals surface area (Å²) in [5.74, 6) is 4.49. The molecule has 0 N–H and O–H groups in total. The van der Waals surface area contributed by atoms with Crippen LogP contribution in [0.15, 0.2) is 20.4 Å². The van der Waals surface area contributed by atoms with E-state index in [1.165, 1.54) is 29.2 Å². The molecule has 0 radical (unpaired) electrons. The molecule has 3 atom stereocenters. The van der Waals surface area contributed by atoms with Crippen molar-refractivity contribution in [2.24, 2.45) is 30.9 Å². The van der Waals surface area contributed by atoms with Crippen molar-refractivity contribution in [1.29, 1.82) is 0 Å². The van der Waals surface area contributed by atoms with Gasteiger partial charge in [0.2, 0.25) is 0 Å². The molecular weight excluding hydrogens is 403 g/mol. The van der Waals surface area contributed by atoms with E-state index in [-0.39, 0.29) is 11.2 Å². The molecule has 2 aromatic rings. The maximum atomic E-state index is 12.3. The Morgan fingerprint density at radius 3 is 2.48 bits per heavy atom. The Hall–Kier alpha value is -1.59. The highest BCUT2D eigenvalue weighted by molar-refractivity contribution is 8.13. The Bertz CT molecular complexity index is 952. The molecule has 0 spiro atoms. The number of aliphatic imine (C=N–C) groups is 1. The molecule has 0 amide bonds. The predicted octanol–water partition coefficient (Wildman–Crippen LogP) is 4.42. The van der Waals surface area contributed by atoms with Crippen molar-refractivity contribution in [2.45, 2.75) is 59.6 Å². The van der Waals surface area contributed by atoms with E-state index < -0.39 is 0 Å². The molecule has 0 saturated heterocycles. The first kappa shape index (κ1) is 23.7. The van der Waals surface area contributed by atoms with E-state index in [4.69, 9.17) is 4.99 Å². The third-order valence-corrected chi connectivity index (χ3v) is 7.87. The van der Waals surface area contributed by atoms with Crippen molar-refractivity contribution in [2.75, 3.05) is 0 Å². The summed E-state index contributed by atoms with van der Waals surface area (Å²) in [5, 5.41) is 1.03. The maximum Gasteiger partial charge on any atom is 0.332 e. The maximum absolute atomic E-state index is 12.3. The number of hydrogen-bond donors (Lipinski definition) is 0. The summed E-state index contributed by atoms with van der Waals surface area (Å²) < 4.78 is 2.62. The first-order valence-corrected chi connectivity index (χ1v) is 12.4. The lowest BCUT2D eigenvalue weighted by atomic mass is 9.75. The lowest BCUT2D eigenvalue weighted by molar-refractivity contribution is 0.275. The first-order valence-electron chi connectivity index (χ1n) is 10.3. The van der Waals surface area contributed by atoms with Crippen molar-refractivity contribution in [3.05, 3.63) is 43.3 Å². The van der Waals surface area contributed by atoms with Crippen LogP contribution in [0.25, 0.3) is 0 Å². The summed E-state index contributed by atoms with van der Waals surface area (Å²) in [6.07, 6.45) is 3.28. The SMILES string of the molecule is CC.CCc1c[pH]c(CS/C(=N/c2c(C)c(=O)n(C)c(=O)n2C)C2CCC2C)n1. The van der Waals surface area contributed by atoms with Crippen LogP contribution in [0, 0.1) is 18.8 Å². The molecule has 1 fully saturated rings. The number of thioether (sulfide) groups is 1. The van der Waals surface area contributed by atoms with Gasteiger partial charge in [-0.2, -0.15) is 0 Å². The molecule has 0 bridgehead atoms. The molecule has 2 heterocycles. The third-order valence-electron chi connectivity index (χ3n) is 5.41. The van der Waals surface area contributed by atoms with Gasteiger partial charge >= 0.3 is 5.69 Å². The minimum absolute atomic E-state index is 0.277. The lowest BCUT2D eigenvalue weighted by Crippen LogP contribution is -2.38. The van der Waals surface area contributed by atoms with E-state index in [9.17, 15) is 9.59 Å². The van der Waals surface area contributed by atoms with E-state index in [1.54, 1.807) is 25.7 Å². The fraction of sp³-hybridized carbons (Fsp3) is 0.619. The van der Waals surface area contributed by atoms with E-state index >= 15 is 0 Å². The Labute approximate surface area is 179 Å². The Morgan fingerprint density at radius 2 is 1.97 bits per heavy atom. The Morgan fingerprint density at radius 1 is 1.28 bits per heavy atom. The molecule has 2 aromatic heterocycles. The van der Waals surface area contributed by atoms with Gasteiger partial charge in [-0.05, 0) is 37.9 Å².